The van der Waals surface area contributed by atoms with E-state index in [1.165, 1.54) is 16.7 Å². The van der Waals surface area contributed by atoms with Gasteiger partial charge in [-0.3, -0.25) is 4.79 Å². The molecule has 31 heavy (non-hydrogen) atoms. The molecular weight excluding hydrogens is 432 g/mol. The van der Waals surface area contributed by atoms with Gasteiger partial charge in [0.05, 0.1) is 11.6 Å². The summed E-state index contributed by atoms with van der Waals surface area (Å²) in [6, 6.07) is 11.9. The molecule has 6 nitrogen and oxygen atoms in total. The number of fused-ring (bicyclic) bond motifs is 1. The first-order valence-corrected chi connectivity index (χ1v) is 11.3. The van der Waals surface area contributed by atoms with Gasteiger partial charge >= 0.3 is 0 Å². The third kappa shape index (κ3) is 3.68. The molecule has 4 heterocycles. The minimum atomic E-state index is -0.0813. The number of thiophene rings is 1. The van der Waals surface area contributed by atoms with Crippen molar-refractivity contribution in [2.45, 2.75) is 13.8 Å². The number of carbonyl (C=O) groups is 1. The number of aromatic nitrogens is 2. The Balaban J connectivity index is 1.50. The average molecular weight is 453 g/mol. The SMILES string of the molecule is Cc1ccc(-c2c(C)sc3nc(Cl)nc(N4CCN(C(=O)c5ccco5)CC4)c23)cc1. The lowest BCUT2D eigenvalue weighted by molar-refractivity contribution is 0.0714. The minimum Gasteiger partial charge on any atom is -0.459 e. The summed E-state index contributed by atoms with van der Waals surface area (Å²) >= 11 is 7.93. The Morgan fingerprint density at radius 3 is 2.48 bits per heavy atom. The number of rotatable bonds is 3. The van der Waals surface area contributed by atoms with Crippen LogP contribution in [-0.4, -0.2) is 47.0 Å². The van der Waals surface area contributed by atoms with Gasteiger partial charge in [-0.25, -0.2) is 4.98 Å². The second-order valence-electron chi connectivity index (χ2n) is 7.65. The highest BCUT2D eigenvalue weighted by atomic mass is 35.5. The highest BCUT2D eigenvalue weighted by molar-refractivity contribution is 7.19. The Kier molecular flexibility index (Phi) is 5.16. The standard InChI is InChI=1S/C23H21ClN4O2S/c1-14-5-7-16(8-6-14)18-15(2)31-21-19(18)20(25-23(24)26-21)27-9-11-28(12-10-27)22(29)17-4-3-13-30-17/h3-8,13H,9-12H2,1-2H3. The van der Waals surface area contributed by atoms with Crippen LogP contribution in [-0.2, 0) is 0 Å². The predicted octanol–water partition coefficient (Wildman–Crippen LogP) is 5.18. The third-order valence-electron chi connectivity index (χ3n) is 5.62. The summed E-state index contributed by atoms with van der Waals surface area (Å²) in [5.41, 5.74) is 3.52. The van der Waals surface area contributed by atoms with E-state index in [0.29, 0.717) is 31.9 Å². The van der Waals surface area contributed by atoms with Gasteiger partial charge in [0.15, 0.2) is 5.76 Å². The molecule has 5 rings (SSSR count). The van der Waals surface area contributed by atoms with Crippen LogP contribution in [0.3, 0.4) is 0 Å². The topological polar surface area (TPSA) is 62.5 Å². The zero-order valence-electron chi connectivity index (χ0n) is 17.3. The number of carbonyl (C=O) groups excluding carboxylic acids is 1. The number of hydrogen-bond donors (Lipinski definition) is 0. The fourth-order valence-corrected chi connectivity index (χ4v) is 5.30. The quantitative estimate of drug-likeness (QED) is 0.400. The first-order valence-electron chi connectivity index (χ1n) is 10.1. The van der Waals surface area contributed by atoms with Crippen molar-refractivity contribution in [3.8, 4) is 11.1 Å². The zero-order valence-corrected chi connectivity index (χ0v) is 18.8. The lowest BCUT2D eigenvalue weighted by Gasteiger charge is -2.35. The molecule has 158 valence electrons. The van der Waals surface area contributed by atoms with Crippen molar-refractivity contribution >= 4 is 44.9 Å². The molecule has 0 spiro atoms. The molecule has 0 bridgehead atoms. The summed E-state index contributed by atoms with van der Waals surface area (Å²) in [5.74, 6) is 1.12. The molecule has 1 saturated heterocycles. The number of anilines is 1. The highest BCUT2D eigenvalue weighted by Crippen LogP contribution is 2.42. The molecule has 1 aliphatic rings. The van der Waals surface area contributed by atoms with Gasteiger partial charge < -0.3 is 14.2 Å². The number of amides is 1. The summed E-state index contributed by atoms with van der Waals surface area (Å²) in [6.07, 6.45) is 1.52. The number of furan rings is 1. The first kappa shape index (κ1) is 20.0. The molecule has 1 aliphatic heterocycles. The Morgan fingerprint density at radius 1 is 1.06 bits per heavy atom. The Morgan fingerprint density at radius 2 is 1.81 bits per heavy atom. The predicted molar refractivity (Wildman–Crippen MR) is 124 cm³/mol. The summed E-state index contributed by atoms with van der Waals surface area (Å²) in [7, 11) is 0. The van der Waals surface area contributed by atoms with Crippen molar-refractivity contribution in [3.05, 3.63) is 64.1 Å². The fourth-order valence-electron chi connectivity index (χ4n) is 4.04. The monoisotopic (exact) mass is 452 g/mol. The van der Waals surface area contributed by atoms with Crippen LogP contribution in [0.1, 0.15) is 21.0 Å². The van der Waals surface area contributed by atoms with Crippen molar-refractivity contribution in [2.75, 3.05) is 31.1 Å². The summed E-state index contributed by atoms with van der Waals surface area (Å²) in [4.78, 5) is 27.8. The summed E-state index contributed by atoms with van der Waals surface area (Å²) in [6.45, 7) is 6.70. The van der Waals surface area contributed by atoms with Crippen molar-refractivity contribution in [1.29, 1.82) is 0 Å². The lowest BCUT2D eigenvalue weighted by atomic mass is 10.0. The van der Waals surface area contributed by atoms with Gasteiger partial charge in [-0.05, 0) is 43.1 Å². The van der Waals surface area contributed by atoms with Gasteiger partial charge in [-0.1, -0.05) is 29.8 Å². The maximum Gasteiger partial charge on any atom is 0.289 e. The van der Waals surface area contributed by atoms with E-state index in [4.69, 9.17) is 16.0 Å². The molecule has 0 saturated carbocycles. The van der Waals surface area contributed by atoms with Gasteiger partial charge in [0, 0.05) is 36.6 Å². The fraction of sp³-hybridized carbons (Fsp3) is 0.261. The lowest BCUT2D eigenvalue weighted by Crippen LogP contribution is -2.49. The van der Waals surface area contributed by atoms with E-state index in [1.807, 2.05) is 4.90 Å². The van der Waals surface area contributed by atoms with Crippen molar-refractivity contribution < 1.29 is 9.21 Å². The Labute approximate surface area is 189 Å². The number of nitrogens with zero attached hydrogens (tertiary/aromatic N) is 4. The Bertz CT molecular complexity index is 1240. The van der Waals surface area contributed by atoms with E-state index < -0.39 is 0 Å². The Hall–Kier alpha value is -2.90. The molecular formula is C23H21ClN4O2S. The summed E-state index contributed by atoms with van der Waals surface area (Å²) < 4.78 is 5.27. The van der Waals surface area contributed by atoms with E-state index in [2.05, 4.69) is 53.0 Å². The maximum atomic E-state index is 12.6. The number of aryl methyl sites for hydroxylation is 2. The average Bonchev–Trinajstić information content (AvgIpc) is 3.41. The van der Waals surface area contributed by atoms with Gasteiger partial charge in [0.1, 0.15) is 10.6 Å². The molecule has 1 amide bonds. The molecule has 3 aromatic heterocycles. The van der Waals surface area contributed by atoms with Gasteiger partial charge in [-0.2, -0.15) is 4.98 Å². The van der Waals surface area contributed by atoms with Crippen LogP contribution in [0.4, 0.5) is 5.82 Å². The number of benzene rings is 1. The molecule has 8 heteroatoms. The first-order chi connectivity index (χ1) is 15.0. The van der Waals surface area contributed by atoms with Crippen LogP contribution in [0.15, 0.2) is 47.1 Å². The molecule has 1 aromatic carbocycles. The largest absolute Gasteiger partial charge is 0.459 e. The van der Waals surface area contributed by atoms with E-state index >= 15 is 0 Å². The molecule has 0 atom stereocenters. The van der Waals surface area contributed by atoms with Crippen molar-refractivity contribution in [3.63, 3.8) is 0 Å². The van der Waals surface area contributed by atoms with Gasteiger partial charge in [-0.15, -0.1) is 11.3 Å². The molecule has 0 N–H and O–H groups in total. The smallest absolute Gasteiger partial charge is 0.289 e. The van der Waals surface area contributed by atoms with Gasteiger partial charge in [0.25, 0.3) is 5.91 Å². The molecule has 0 radical (unpaired) electrons. The van der Waals surface area contributed by atoms with Crippen LogP contribution in [0.5, 0.6) is 0 Å². The number of halogens is 1. The van der Waals surface area contributed by atoms with Crippen LogP contribution in [0, 0.1) is 13.8 Å². The van der Waals surface area contributed by atoms with E-state index in [9.17, 15) is 4.79 Å². The summed E-state index contributed by atoms with van der Waals surface area (Å²) in [5, 5.41) is 1.27. The van der Waals surface area contributed by atoms with Crippen LogP contribution in [0.25, 0.3) is 21.3 Å². The van der Waals surface area contributed by atoms with E-state index in [1.54, 1.807) is 23.5 Å². The molecule has 4 aromatic rings. The number of piperazine rings is 1. The minimum absolute atomic E-state index is 0.0813. The maximum absolute atomic E-state index is 12.6. The number of hydrogen-bond acceptors (Lipinski definition) is 6. The molecule has 0 unspecified atom stereocenters. The van der Waals surface area contributed by atoms with Gasteiger partial charge in [0.2, 0.25) is 5.28 Å². The highest BCUT2D eigenvalue weighted by Gasteiger charge is 2.27. The normalized spacial score (nSPS) is 14.4. The van der Waals surface area contributed by atoms with E-state index in [0.717, 1.165) is 27.2 Å². The van der Waals surface area contributed by atoms with Crippen LogP contribution >= 0.6 is 22.9 Å². The zero-order chi connectivity index (χ0) is 21.5. The molecule has 0 aliphatic carbocycles. The second-order valence-corrected chi connectivity index (χ2v) is 9.19. The second kappa shape index (κ2) is 7.98. The van der Waals surface area contributed by atoms with Crippen LogP contribution in [0.2, 0.25) is 5.28 Å². The van der Waals surface area contributed by atoms with Crippen molar-refractivity contribution in [1.82, 2.24) is 14.9 Å². The molecule has 1 fully saturated rings. The van der Waals surface area contributed by atoms with Crippen molar-refractivity contribution in [2.24, 2.45) is 0 Å². The van der Waals surface area contributed by atoms with Crippen LogP contribution < -0.4 is 4.90 Å². The van der Waals surface area contributed by atoms with E-state index in [-0.39, 0.29) is 11.2 Å². The third-order valence-corrected chi connectivity index (χ3v) is 6.79.